The number of rotatable bonds is 11. The van der Waals surface area contributed by atoms with E-state index in [1.165, 1.54) is 32.1 Å². The average molecular weight is 576 g/mol. The summed E-state index contributed by atoms with van der Waals surface area (Å²) in [6.45, 7) is 2.79. The summed E-state index contributed by atoms with van der Waals surface area (Å²) in [6, 6.07) is 14.5. The van der Waals surface area contributed by atoms with Crippen molar-refractivity contribution in [3.63, 3.8) is 0 Å². The van der Waals surface area contributed by atoms with Gasteiger partial charge in [-0.1, -0.05) is 37.5 Å². The fourth-order valence-electron chi connectivity index (χ4n) is 4.72. The van der Waals surface area contributed by atoms with Crippen LogP contribution in [0.3, 0.4) is 0 Å². The van der Waals surface area contributed by atoms with Crippen molar-refractivity contribution in [3.8, 4) is 5.75 Å². The SMILES string of the molecule is CCOC(=O)c1c(CSc2ccccc2)n(C)c2cc(Br)c(OC[C@H](O)CNC3CCCCC3)cc12. The number of hydrogen-bond donors (Lipinski definition) is 2. The molecule has 1 fully saturated rings. The number of thioether (sulfide) groups is 1. The molecular formula is C28H35BrN2O4S. The monoisotopic (exact) mass is 574 g/mol. The minimum absolute atomic E-state index is 0.169. The normalized spacial score (nSPS) is 15.2. The van der Waals surface area contributed by atoms with Crippen molar-refractivity contribution in [2.75, 3.05) is 19.8 Å². The first-order valence-corrected chi connectivity index (χ1v) is 14.5. The largest absolute Gasteiger partial charge is 0.490 e. The number of fused-ring (bicyclic) bond motifs is 1. The summed E-state index contributed by atoms with van der Waals surface area (Å²) in [6.07, 6.45) is 5.54. The highest BCUT2D eigenvalue weighted by atomic mass is 79.9. The quantitative estimate of drug-likeness (QED) is 0.214. The number of carbonyl (C=O) groups excluding carboxylic acids is 1. The lowest BCUT2D eigenvalue weighted by Crippen LogP contribution is -2.39. The van der Waals surface area contributed by atoms with Gasteiger partial charge >= 0.3 is 5.97 Å². The molecule has 0 unspecified atom stereocenters. The van der Waals surface area contributed by atoms with Crippen LogP contribution in [-0.4, -0.2) is 47.5 Å². The molecule has 3 aromatic rings. The van der Waals surface area contributed by atoms with Crippen molar-refractivity contribution < 1.29 is 19.4 Å². The molecule has 1 aromatic heterocycles. The molecule has 6 nitrogen and oxygen atoms in total. The van der Waals surface area contributed by atoms with E-state index in [2.05, 4.69) is 37.9 Å². The van der Waals surface area contributed by atoms with Crippen LogP contribution in [0.4, 0.5) is 0 Å². The van der Waals surface area contributed by atoms with E-state index in [9.17, 15) is 9.90 Å². The number of benzene rings is 2. The van der Waals surface area contributed by atoms with Crippen LogP contribution in [0.25, 0.3) is 10.9 Å². The van der Waals surface area contributed by atoms with Crippen LogP contribution in [0.15, 0.2) is 51.8 Å². The van der Waals surface area contributed by atoms with E-state index >= 15 is 0 Å². The molecule has 0 saturated heterocycles. The Morgan fingerprint density at radius 2 is 1.97 bits per heavy atom. The standard InChI is InChI=1S/C28H35BrN2O4S/c1-3-34-28(33)27-22-14-26(35-17-20(32)16-30-19-10-6-4-7-11-19)23(29)15-24(22)31(2)25(27)18-36-21-12-8-5-9-13-21/h5,8-9,12-15,19-20,30,32H,3-4,6-7,10-11,16-18H2,1-2H3/t20-/m1/s1. The second kappa shape index (κ2) is 13.0. The molecule has 0 spiro atoms. The number of nitrogens with one attached hydrogen (secondary N) is 1. The van der Waals surface area contributed by atoms with Crippen LogP contribution in [0.1, 0.15) is 55.1 Å². The molecule has 1 saturated carbocycles. The van der Waals surface area contributed by atoms with Gasteiger partial charge in [-0.05, 0) is 60.0 Å². The molecule has 8 heteroatoms. The maximum absolute atomic E-state index is 13.1. The Hall–Kier alpha value is -2.00. The zero-order valence-corrected chi connectivity index (χ0v) is 23.4. The molecule has 2 aromatic carbocycles. The van der Waals surface area contributed by atoms with E-state index in [-0.39, 0.29) is 12.6 Å². The van der Waals surface area contributed by atoms with Crippen molar-refractivity contribution >= 4 is 44.6 Å². The highest BCUT2D eigenvalue weighted by Crippen LogP contribution is 2.37. The van der Waals surface area contributed by atoms with Crippen LogP contribution < -0.4 is 10.1 Å². The molecule has 2 N–H and O–H groups in total. The third kappa shape index (κ3) is 6.65. The Balaban J connectivity index is 1.53. The second-order valence-corrected chi connectivity index (χ2v) is 11.1. The number of hydrogen-bond acceptors (Lipinski definition) is 6. The van der Waals surface area contributed by atoms with Gasteiger partial charge in [0.25, 0.3) is 0 Å². The predicted molar refractivity (Wildman–Crippen MR) is 149 cm³/mol. The highest BCUT2D eigenvalue weighted by Gasteiger charge is 2.24. The topological polar surface area (TPSA) is 72.7 Å². The number of esters is 1. The molecule has 1 heterocycles. The summed E-state index contributed by atoms with van der Waals surface area (Å²) in [5, 5.41) is 14.8. The summed E-state index contributed by atoms with van der Waals surface area (Å²) >= 11 is 5.30. The molecule has 0 bridgehead atoms. The van der Waals surface area contributed by atoms with Gasteiger partial charge in [-0.2, -0.15) is 0 Å². The van der Waals surface area contributed by atoms with E-state index in [1.54, 1.807) is 11.8 Å². The van der Waals surface area contributed by atoms with Crippen LogP contribution >= 0.6 is 27.7 Å². The maximum atomic E-state index is 13.1. The summed E-state index contributed by atoms with van der Waals surface area (Å²) < 4.78 is 14.3. The number of aliphatic hydroxyl groups excluding tert-OH is 1. The Labute approximate surface area is 225 Å². The minimum Gasteiger partial charge on any atom is -0.490 e. The molecule has 0 aliphatic heterocycles. The van der Waals surface area contributed by atoms with Gasteiger partial charge in [0.1, 0.15) is 18.5 Å². The van der Waals surface area contributed by atoms with Gasteiger partial charge in [-0.3, -0.25) is 0 Å². The molecule has 1 aliphatic carbocycles. The lowest BCUT2D eigenvalue weighted by atomic mass is 9.95. The Morgan fingerprint density at radius 3 is 2.69 bits per heavy atom. The van der Waals surface area contributed by atoms with E-state index in [4.69, 9.17) is 9.47 Å². The molecule has 4 rings (SSSR count). The van der Waals surface area contributed by atoms with Gasteiger partial charge in [0.05, 0.1) is 22.2 Å². The molecule has 1 atom stereocenters. The van der Waals surface area contributed by atoms with Crippen molar-refractivity contribution in [2.45, 2.75) is 61.8 Å². The highest BCUT2D eigenvalue weighted by molar-refractivity contribution is 9.10. The van der Waals surface area contributed by atoms with Crippen LogP contribution in [0, 0.1) is 0 Å². The first kappa shape index (κ1) is 27.0. The molecule has 36 heavy (non-hydrogen) atoms. The maximum Gasteiger partial charge on any atom is 0.340 e. The minimum atomic E-state index is -0.618. The Bertz CT molecular complexity index is 1160. The van der Waals surface area contributed by atoms with E-state index in [0.717, 1.165) is 26.0 Å². The van der Waals surface area contributed by atoms with Gasteiger partial charge in [-0.15, -0.1) is 11.8 Å². The van der Waals surface area contributed by atoms with Crippen LogP contribution in [0.5, 0.6) is 5.75 Å². The van der Waals surface area contributed by atoms with E-state index < -0.39 is 6.10 Å². The zero-order valence-electron chi connectivity index (χ0n) is 21.0. The number of halogens is 1. The molecule has 1 aliphatic rings. The smallest absolute Gasteiger partial charge is 0.340 e. The third-order valence-corrected chi connectivity index (χ3v) is 8.29. The van der Waals surface area contributed by atoms with Crippen molar-refractivity contribution in [3.05, 3.63) is 58.2 Å². The summed E-state index contributed by atoms with van der Waals surface area (Å²) in [7, 11) is 1.97. The molecule has 0 amide bonds. The number of carbonyl (C=O) groups is 1. The zero-order chi connectivity index (χ0) is 25.5. The first-order chi connectivity index (χ1) is 17.5. The Morgan fingerprint density at radius 1 is 1.22 bits per heavy atom. The molecule has 0 radical (unpaired) electrons. The van der Waals surface area contributed by atoms with Crippen molar-refractivity contribution in [1.82, 2.24) is 9.88 Å². The fourth-order valence-corrected chi connectivity index (χ4v) is 6.16. The fraction of sp³-hybridized carbons (Fsp3) is 0.464. The summed E-state index contributed by atoms with van der Waals surface area (Å²) in [4.78, 5) is 14.2. The van der Waals surface area contributed by atoms with Crippen LogP contribution in [-0.2, 0) is 17.5 Å². The average Bonchev–Trinajstić information content (AvgIpc) is 3.16. The number of nitrogens with zero attached hydrogens (tertiary/aromatic N) is 1. The van der Waals surface area contributed by atoms with E-state index in [0.29, 0.717) is 36.3 Å². The van der Waals surface area contributed by atoms with Gasteiger partial charge in [-0.25, -0.2) is 4.79 Å². The van der Waals surface area contributed by atoms with Crippen molar-refractivity contribution in [1.29, 1.82) is 0 Å². The first-order valence-electron chi connectivity index (χ1n) is 12.7. The van der Waals surface area contributed by atoms with Crippen molar-refractivity contribution in [2.24, 2.45) is 7.05 Å². The number of aromatic nitrogens is 1. The summed E-state index contributed by atoms with van der Waals surface area (Å²) in [5.41, 5.74) is 2.38. The summed E-state index contributed by atoms with van der Waals surface area (Å²) in [5.74, 6) is 0.886. The lowest BCUT2D eigenvalue weighted by Gasteiger charge is -2.24. The lowest BCUT2D eigenvalue weighted by molar-refractivity contribution is 0.0527. The number of aliphatic hydroxyl groups is 1. The molecular weight excluding hydrogens is 540 g/mol. The number of aryl methyl sites for hydroxylation is 1. The predicted octanol–water partition coefficient (Wildman–Crippen LogP) is 6.07. The second-order valence-electron chi connectivity index (χ2n) is 9.21. The molecule has 194 valence electrons. The third-order valence-electron chi connectivity index (χ3n) is 6.65. The van der Waals surface area contributed by atoms with E-state index in [1.807, 2.05) is 44.3 Å². The Kier molecular flexibility index (Phi) is 9.76. The van der Waals surface area contributed by atoms with Gasteiger partial charge in [0.2, 0.25) is 0 Å². The van der Waals surface area contributed by atoms with Gasteiger partial charge in [0.15, 0.2) is 0 Å². The number of ether oxygens (including phenoxy) is 2. The van der Waals surface area contributed by atoms with Crippen LogP contribution in [0.2, 0.25) is 0 Å². The van der Waals surface area contributed by atoms with Gasteiger partial charge in [0, 0.05) is 41.4 Å². The van der Waals surface area contributed by atoms with Gasteiger partial charge < -0.3 is 24.5 Å².